The molecule has 0 unspecified atom stereocenters. The molecule has 0 bridgehead atoms. The molecule has 0 radical (unpaired) electrons. The van der Waals surface area contributed by atoms with E-state index < -0.39 is 20.7 Å². The van der Waals surface area contributed by atoms with Crippen molar-refractivity contribution in [3.63, 3.8) is 0 Å². The zero-order valence-electron chi connectivity index (χ0n) is 10.6. The first-order valence-electron chi connectivity index (χ1n) is 5.98. The van der Waals surface area contributed by atoms with E-state index in [1.165, 1.54) is 16.4 Å². The molecule has 8 nitrogen and oxygen atoms in total. The van der Waals surface area contributed by atoms with Gasteiger partial charge in [-0.15, -0.1) is 0 Å². The standard InChI is InChI=1S/C11H15N3O5S/c12-11(15)5-7-13(8-6-11)20(18,19)10-3-1-9(2-4-10)14(16)17/h1-4,15H,5-8,12H2. The first kappa shape index (κ1) is 14.9. The summed E-state index contributed by atoms with van der Waals surface area (Å²) in [6, 6.07) is 4.71. The number of benzene rings is 1. The minimum atomic E-state index is -3.71. The van der Waals surface area contributed by atoms with Crippen molar-refractivity contribution in [1.82, 2.24) is 4.31 Å². The molecule has 1 saturated heterocycles. The summed E-state index contributed by atoms with van der Waals surface area (Å²) in [5.74, 6) is 0. The fourth-order valence-electron chi connectivity index (χ4n) is 2.00. The Morgan fingerprint density at radius 3 is 2.20 bits per heavy atom. The molecule has 3 N–H and O–H groups in total. The van der Waals surface area contributed by atoms with Gasteiger partial charge in [0.25, 0.3) is 5.69 Å². The van der Waals surface area contributed by atoms with E-state index in [1.54, 1.807) is 0 Å². The molecule has 1 fully saturated rings. The number of hydrogen-bond donors (Lipinski definition) is 2. The Morgan fingerprint density at radius 2 is 1.75 bits per heavy atom. The van der Waals surface area contributed by atoms with E-state index in [2.05, 4.69) is 0 Å². The molecule has 0 amide bonds. The van der Waals surface area contributed by atoms with Crippen LogP contribution in [0, 0.1) is 10.1 Å². The number of rotatable bonds is 3. The maximum absolute atomic E-state index is 12.3. The SMILES string of the molecule is NC1(O)CCN(S(=O)(=O)c2ccc([N+](=O)[O-])cc2)CC1. The predicted octanol–water partition coefficient (Wildman–Crippen LogP) is 0.0266. The van der Waals surface area contributed by atoms with Crippen LogP contribution in [0.4, 0.5) is 5.69 Å². The second-order valence-corrected chi connectivity index (χ2v) is 6.70. The molecule has 20 heavy (non-hydrogen) atoms. The summed E-state index contributed by atoms with van der Waals surface area (Å²) in [6.45, 7) is 0.235. The second-order valence-electron chi connectivity index (χ2n) is 4.76. The van der Waals surface area contributed by atoms with Crippen molar-refractivity contribution in [3.05, 3.63) is 34.4 Å². The van der Waals surface area contributed by atoms with Crippen molar-refractivity contribution in [2.24, 2.45) is 5.73 Å². The molecule has 0 aromatic heterocycles. The molecule has 0 saturated carbocycles. The lowest BCUT2D eigenvalue weighted by Gasteiger charge is -2.34. The van der Waals surface area contributed by atoms with Crippen LogP contribution in [0.5, 0.6) is 0 Å². The van der Waals surface area contributed by atoms with Gasteiger partial charge in [-0.05, 0) is 12.1 Å². The molecular formula is C11H15N3O5S. The third-order valence-corrected chi connectivity index (χ3v) is 5.19. The Labute approximate surface area is 116 Å². The molecule has 1 aromatic rings. The Bertz CT molecular complexity index is 601. The van der Waals surface area contributed by atoms with Gasteiger partial charge in [-0.3, -0.25) is 10.1 Å². The third-order valence-electron chi connectivity index (χ3n) is 3.27. The van der Waals surface area contributed by atoms with E-state index in [9.17, 15) is 23.6 Å². The molecule has 9 heteroatoms. The summed E-state index contributed by atoms with van der Waals surface area (Å²) in [5, 5.41) is 20.1. The summed E-state index contributed by atoms with van der Waals surface area (Å²) in [7, 11) is -3.71. The minimum absolute atomic E-state index is 0.00874. The van der Waals surface area contributed by atoms with Crippen LogP contribution in [-0.2, 0) is 10.0 Å². The Hall–Kier alpha value is -1.55. The van der Waals surface area contributed by atoms with E-state index in [0.717, 1.165) is 12.1 Å². The zero-order valence-corrected chi connectivity index (χ0v) is 11.4. The van der Waals surface area contributed by atoms with Gasteiger partial charge in [-0.25, -0.2) is 8.42 Å². The molecule has 1 aliphatic heterocycles. The number of nitrogens with two attached hydrogens (primary N) is 1. The highest BCUT2D eigenvalue weighted by Crippen LogP contribution is 2.24. The van der Waals surface area contributed by atoms with Gasteiger partial charge >= 0.3 is 0 Å². The number of nitrogens with zero attached hydrogens (tertiary/aromatic N) is 2. The topological polar surface area (TPSA) is 127 Å². The van der Waals surface area contributed by atoms with Crippen LogP contribution in [0.3, 0.4) is 0 Å². The van der Waals surface area contributed by atoms with Crippen LogP contribution in [0.15, 0.2) is 29.2 Å². The molecule has 0 aliphatic carbocycles. The lowest BCUT2D eigenvalue weighted by Crippen LogP contribution is -2.51. The normalized spacial score (nSPS) is 19.7. The van der Waals surface area contributed by atoms with Gasteiger partial charge in [-0.1, -0.05) is 0 Å². The van der Waals surface area contributed by atoms with Gasteiger partial charge in [0.05, 0.1) is 9.82 Å². The highest BCUT2D eigenvalue weighted by molar-refractivity contribution is 7.89. The van der Waals surface area contributed by atoms with Crippen LogP contribution in [0.25, 0.3) is 0 Å². The lowest BCUT2D eigenvalue weighted by molar-refractivity contribution is -0.384. The summed E-state index contributed by atoms with van der Waals surface area (Å²) in [5.41, 5.74) is 4.03. The average molecular weight is 301 g/mol. The molecule has 0 atom stereocenters. The average Bonchev–Trinajstić information content (AvgIpc) is 2.38. The summed E-state index contributed by atoms with van der Waals surface area (Å²) < 4.78 is 25.8. The van der Waals surface area contributed by atoms with Crippen molar-refractivity contribution < 1.29 is 18.4 Å². The van der Waals surface area contributed by atoms with E-state index in [0.29, 0.717) is 0 Å². The van der Waals surface area contributed by atoms with Crippen LogP contribution in [0.1, 0.15) is 12.8 Å². The number of nitro groups is 1. The van der Waals surface area contributed by atoms with Gasteiger partial charge < -0.3 is 10.8 Å². The van der Waals surface area contributed by atoms with Crippen molar-refractivity contribution in [2.45, 2.75) is 23.5 Å². The van der Waals surface area contributed by atoms with Crippen LogP contribution in [-0.4, -0.2) is 41.6 Å². The van der Waals surface area contributed by atoms with Crippen LogP contribution < -0.4 is 5.73 Å². The van der Waals surface area contributed by atoms with Gasteiger partial charge in [0.15, 0.2) is 0 Å². The van der Waals surface area contributed by atoms with E-state index >= 15 is 0 Å². The second kappa shape index (κ2) is 5.09. The lowest BCUT2D eigenvalue weighted by atomic mass is 10.0. The molecule has 1 aromatic carbocycles. The number of piperidine rings is 1. The van der Waals surface area contributed by atoms with E-state index in [-0.39, 0.29) is 36.5 Å². The van der Waals surface area contributed by atoms with Crippen LogP contribution in [0.2, 0.25) is 0 Å². The van der Waals surface area contributed by atoms with Crippen LogP contribution >= 0.6 is 0 Å². The maximum atomic E-state index is 12.3. The molecule has 1 aliphatic rings. The molecular weight excluding hydrogens is 286 g/mol. The Balaban J connectivity index is 2.20. The van der Waals surface area contributed by atoms with Gasteiger partial charge in [0.1, 0.15) is 5.72 Å². The van der Waals surface area contributed by atoms with Gasteiger partial charge in [0, 0.05) is 38.1 Å². The highest BCUT2D eigenvalue weighted by Gasteiger charge is 2.34. The molecule has 2 rings (SSSR count). The number of non-ortho nitro benzene ring substituents is 1. The quantitative estimate of drug-likeness (QED) is 0.460. The largest absolute Gasteiger partial charge is 0.376 e. The molecule has 1 heterocycles. The zero-order chi connectivity index (χ0) is 15.0. The highest BCUT2D eigenvalue weighted by atomic mass is 32.2. The first-order valence-corrected chi connectivity index (χ1v) is 7.42. The number of aliphatic hydroxyl groups is 1. The Morgan fingerprint density at radius 1 is 1.25 bits per heavy atom. The van der Waals surface area contributed by atoms with Gasteiger partial charge in [0.2, 0.25) is 10.0 Å². The maximum Gasteiger partial charge on any atom is 0.269 e. The fraction of sp³-hybridized carbons (Fsp3) is 0.455. The summed E-state index contributed by atoms with van der Waals surface area (Å²) in [6.07, 6.45) is 0.304. The number of nitro benzene ring substituents is 1. The molecule has 110 valence electrons. The minimum Gasteiger partial charge on any atom is -0.376 e. The van der Waals surface area contributed by atoms with E-state index in [4.69, 9.17) is 5.73 Å². The first-order chi connectivity index (χ1) is 9.22. The van der Waals surface area contributed by atoms with Gasteiger partial charge in [-0.2, -0.15) is 4.31 Å². The molecule has 0 spiro atoms. The van der Waals surface area contributed by atoms with Crippen molar-refractivity contribution >= 4 is 15.7 Å². The number of sulfonamides is 1. The van der Waals surface area contributed by atoms with Crippen molar-refractivity contribution in [1.29, 1.82) is 0 Å². The predicted molar refractivity (Wildman–Crippen MR) is 70.2 cm³/mol. The van der Waals surface area contributed by atoms with Crippen molar-refractivity contribution in [2.75, 3.05) is 13.1 Å². The fourth-order valence-corrected chi connectivity index (χ4v) is 3.44. The van der Waals surface area contributed by atoms with Crippen molar-refractivity contribution in [3.8, 4) is 0 Å². The summed E-state index contributed by atoms with van der Waals surface area (Å²) in [4.78, 5) is 9.94. The monoisotopic (exact) mass is 301 g/mol. The Kier molecular flexibility index (Phi) is 3.78. The summed E-state index contributed by atoms with van der Waals surface area (Å²) >= 11 is 0. The number of hydrogen-bond acceptors (Lipinski definition) is 6. The smallest absolute Gasteiger partial charge is 0.269 e. The van der Waals surface area contributed by atoms with E-state index in [1.807, 2.05) is 0 Å². The third kappa shape index (κ3) is 2.96.